The predicted molar refractivity (Wildman–Crippen MR) is 68.8 cm³/mol. The van der Waals surface area contributed by atoms with E-state index in [-0.39, 0.29) is 11.9 Å². The molecular weight excluding hydrogens is 223 g/mol. The van der Waals surface area contributed by atoms with E-state index in [4.69, 9.17) is 12.2 Å². The molecule has 0 saturated carbocycles. The molecule has 1 aromatic carbocycles. The fourth-order valence-corrected chi connectivity index (χ4v) is 1.67. The van der Waals surface area contributed by atoms with Crippen LogP contribution < -0.4 is 10.6 Å². The Morgan fingerprint density at radius 3 is 2.75 bits per heavy atom. The maximum Gasteiger partial charge on any atom is 0.166 e. The molecule has 0 aliphatic rings. The molecule has 0 fully saturated rings. The predicted octanol–water partition coefficient (Wildman–Crippen LogP) is 2.76. The van der Waals surface area contributed by atoms with Gasteiger partial charge >= 0.3 is 0 Å². The zero-order valence-electron chi connectivity index (χ0n) is 9.59. The third kappa shape index (κ3) is 3.77. The van der Waals surface area contributed by atoms with E-state index in [1.54, 1.807) is 12.1 Å². The van der Waals surface area contributed by atoms with Gasteiger partial charge in [-0.1, -0.05) is 25.1 Å². The van der Waals surface area contributed by atoms with Crippen molar-refractivity contribution in [3.05, 3.63) is 35.6 Å². The van der Waals surface area contributed by atoms with Gasteiger partial charge in [0, 0.05) is 12.1 Å². The number of hydrogen-bond acceptors (Lipinski definition) is 1. The fraction of sp³-hybridized carbons (Fsp3) is 0.417. The van der Waals surface area contributed by atoms with Crippen LogP contribution >= 0.6 is 12.2 Å². The molecule has 0 heterocycles. The molecule has 2 N–H and O–H groups in total. The van der Waals surface area contributed by atoms with E-state index in [9.17, 15) is 4.39 Å². The number of thiocarbonyl (C=S) groups is 1. The van der Waals surface area contributed by atoms with Crippen molar-refractivity contribution >= 4 is 17.3 Å². The Morgan fingerprint density at radius 2 is 2.12 bits per heavy atom. The van der Waals surface area contributed by atoms with Crippen LogP contribution in [0.3, 0.4) is 0 Å². The summed E-state index contributed by atoms with van der Waals surface area (Å²) in [6, 6.07) is 6.59. The summed E-state index contributed by atoms with van der Waals surface area (Å²) in [6.45, 7) is 4.78. The first-order valence-corrected chi connectivity index (χ1v) is 5.84. The zero-order valence-corrected chi connectivity index (χ0v) is 10.4. The number of benzene rings is 1. The molecule has 1 unspecified atom stereocenters. The first-order chi connectivity index (χ1) is 7.65. The standard InChI is InChI=1S/C12H17FN2S/c1-3-8-14-12(16)15-9(2)10-6-4-5-7-11(10)13/h4-7,9H,3,8H2,1-2H3,(H2,14,15,16). The summed E-state index contributed by atoms with van der Waals surface area (Å²) >= 11 is 5.09. The lowest BCUT2D eigenvalue weighted by Gasteiger charge is -2.17. The molecule has 0 amide bonds. The monoisotopic (exact) mass is 240 g/mol. The molecule has 88 valence electrons. The lowest BCUT2D eigenvalue weighted by atomic mass is 10.1. The van der Waals surface area contributed by atoms with Gasteiger partial charge in [0.25, 0.3) is 0 Å². The van der Waals surface area contributed by atoms with Crippen LogP contribution in [-0.2, 0) is 0 Å². The largest absolute Gasteiger partial charge is 0.363 e. The summed E-state index contributed by atoms with van der Waals surface area (Å²) in [7, 11) is 0. The second-order valence-electron chi connectivity index (χ2n) is 3.64. The summed E-state index contributed by atoms with van der Waals surface area (Å²) in [6.07, 6.45) is 1.01. The Balaban J connectivity index is 2.55. The SMILES string of the molecule is CCCNC(=S)NC(C)c1ccccc1F. The number of halogens is 1. The van der Waals surface area contributed by atoms with Gasteiger partial charge in [-0.05, 0) is 31.6 Å². The highest BCUT2D eigenvalue weighted by molar-refractivity contribution is 7.80. The van der Waals surface area contributed by atoms with Crippen molar-refractivity contribution in [2.45, 2.75) is 26.3 Å². The van der Waals surface area contributed by atoms with Crippen molar-refractivity contribution in [3.63, 3.8) is 0 Å². The van der Waals surface area contributed by atoms with Crippen molar-refractivity contribution in [3.8, 4) is 0 Å². The third-order valence-electron chi connectivity index (χ3n) is 2.25. The first kappa shape index (κ1) is 12.9. The normalized spacial score (nSPS) is 11.9. The van der Waals surface area contributed by atoms with Gasteiger partial charge < -0.3 is 10.6 Å². The molecule has 0 aromatic heterocycles. The second-order valence-corrected chi connectivity index (χ2v) is 4.05. The summed E-state index contributed by atoms with van der Waals surface area (Å²) in [5.41, 5.74) is 0.628. The molecule has 16 heavy (non-hydrogen) atoms. The highest BCUT2D eigenvalue weighted by Crippen LogP contribution is 2.15. The van der Waals surface area contributed by atoms with E-state index in [1.807, 2.05) is 13.0 Å². The lowest BCUT2D eigenvalue weighted by molar-refractivity contribution is 0.577. The fourth-order valence-electron chi connectivity index (χ4n) is 1.39. The van der Waals surface area contributed by atoms with Crippen LogP contribution in [0, 0.1) is 5.82 Å². The Labute approximate surface area is 101 Å². The molecule has 1 rings (SSSR count). The van der Waals surface area contributed by atoms with Crippen molar-refractivity contribution in [1.82, 2.24) is 10.6 Å². The van der Waals surface area contributed by atoms with Crippen molar-refractivity contribution in [2.75, 3.05) is 6.54 Å². The molecule has 4 heteroatoms. The van der Waals surface area contributed by atoms with Crippen LogP contribution in [0.25, 0.3) is 0 Å². The molecular formula is C12H17FN2S. The molecule has 0 spiro atoms. The number of hydrogen-bond donors (Lipinski definition) is 2. The minimum atomic E-state index is -0.208. The van der Waals surface area contributed by atoms with E-state index in [0.29, 0.717) is 10.7 Å². The van der Waals surface area contributed by atoms with Gasteiger partial charge in [0.1, 0.15) is 5.82 Å². The Morgan fingerprint density at radius 1 is 1.44 bits per heavy atom. The topological polar surface area (TPSA) is 24.1 Å². The summed E-state index contributed by atoms with van der Waals surface area (Å²) in [5, 5.41) is 6.67. The Kier molecular flexibility index (Phi) is 5.19. The van der Waals surface area contributed by atoms with Gasteiger partial charge in [0.05, 0.1) is 6.04 Å². The lowest BCUT2D eigenvalue weighted by Crippen LogP contribution is -2.37. The summed E-state index contributed by atoms with van der Waals surface area (Å²) in [5.74, 6) is -0.208. The average molecular weight is 240 g/mol. The quantitative estimate of drug-likeness (QED) is 0.791. The van der Waals surface area contributed by atoms with Crippen LogP contribution in [0.2, 0.25) is 0 Å². The maximum absolute atomic E-state index is 13.4. The molecule has 0 radical (unpaired) electrons. The Bertz CT molecular complexity index is 355. The van der Waals surface area contributed by atoms with E-state index in [2.05, 4.69) is 17.6 Å². The van der Waals surface area contributed by atoms with E-state index in [0.717, 1.165) is 13.0 Å². The molecule has 1 atom stereocenters. The van der Waals surface area contributed by atoms with E-state index >= 15 is 0 Å². The van der Waals surface area contributed by atoms with Crippen LogP contribution in [0.1, 0.15) is 31.9 Å². The van der Waals surface area contributed by atoms with Gasteiger partial charge in [-0.2, -0.15) is 0 Å². The van der Waals surface area contributed by atoms with Crippen LogP contribution in [0.4, 0.5) is 4.39 Å². The van der Waals surface area contributed by atoms with Crippen LogP contribution in [0.5, 0.6) is 0 Å². The van der Waals surface area contributed by atoms with E-state index < -0.39 is 0 Å². The smallest absolute Gasteiger partial charge is 0.166 e. The summed E-state index contributed by atoms with van der Waals surface area (Å²) < 4.78 is 13.4. The average Bonchev–Trinajstić information content (AvgIpc) is 2.26. The zero-order chi connectivity index (χ0) is 12.0. The van der Waals surface area contributed by atoms with Gasteiger partial charge in [0.15, 0.2) is 5.11 Å². The van der Waals surface area contributed by atoms with E-state index in [1.165, 1.54) is 6.07 Å². The Hall–Kier alpha value is -1.16. The molecule has 2 nitrogen and oxygen atoms in total. The molecule has 0 aliphatic carbocycles. The second kappa shape index (κ2) is 6.43. The van der Waals surface area contributed by atoms with Gasteiger partial charge in [-0.15, -0.1) is 0 Å². The van der Waals surface area contributed by atoms with Crippen LogP contribution in [-0.4, -0.2) is 11.7 Å². The van der Waals surface area contributed by atoms with Crippen molar-refractivity contribution in [2.24, 2.45) is 0 Å². The molecule has 0 aliphatic heterocycles. The summed E-state index contributed by atoms with van der Waals surface area (Å²) in [4.78, 5) is 0. The number of rotatable bonds is 4. The maximum atomic E-state index is 13.4. The highest BCUT2D eigenvalue weighted by atomic mass is 32.1. The third-order valence-corrected chi connectivity index (χ3v) is 2.52. The van der Waals surface area contributed by atoms with Gasteiger partial charge in [-0.3, -0.25) is 0 Å². The molecule has 0 bridgehead atoms. The molecule has 1 aromatic rings. The van der Waals surface area contributed by atoms with Crippen molar-refractivity contribution in [1.29, 1.82) is 0 Å². The molecule has 0 saturated heterocycles. The first-order valence-electron chi connectivity index (χ1n) is 5.44. The highest BCUT2D eigenvalue weighted by Gasteiger charge is 2.10. The minimum Gasteiger partial charge on any atom is -0.363 e. The van der Waals surface area contributed by atoms with Gasteiger partial charge in [0.2, 0.25) is 0 Å². The minimum absolute atomic E-state index is 0.127. The van der Waals surface area contributed by atoms with Crippen molar-refractivity contribution < 1.29 is 4.39 Å². The number of nitrogens with one attached hydrogen (secondary N) is 2. The van der Waals surface area contributed by atoms with Crippen LogP contribution in [0.15, 0.2) is 24.3 Å². The van der Waals surface area contributed by atoms with Gasteiger partial charge in [-0.25, -0.2) is 4.39 Å².